The summed E-state index contributed by atoms with van der Waals surface area (Å²) >= 11 is 0. The molecule has 0 radical (unpaired) electrons. The summed E-state index contributed by atoms with van der Waals surface area (Å²) in [6, 6.07) is 6.70. The molecule has 0 aromatic heterocycles. The Kier molecular flexibility index (Phi) is 8.28. The zero-order chi connectivity index (χ0) is 11.1. The van der Waals surface area contributed by atoms with E-state index in [0.717, 1.165) is 0 Å². The van der Waals surface area contributed by atoms with E-state index >= 15 is 0 Å². The maximum absolute atomic E-state index is 8.93. The van der Waals surface area contributed by atoms with E-state index in [9.17, 15) is 0 Å². The van der Waals surface area contributed by atoms with Gasteiger partial charge in [0, 0.05) is 0 Å². The molecular weight excluding hydrogens is 383 g/mol. The molecule has 0 aliphatic carbocycles. The van der Waals surface area contributed by atoms with E-state index in [1.807, 2.05) is 0 Å². The van der Waals surface area contributed by atoms with Gasteiger partial charge in [-0.15, -0.1) is 0 Å². The van der Waals surface area contributed by atoms with E-state index < -0.39 is 11.9 Å². The van der Waals surface area contributed by atoms with E-state index in [4.69, 9.17) is 31.3 Å². The Balaban J connectivity index is 0. The molecular formula is C8H6N2O4Pt. The molecule has 7 heteroatoms. The molecule has 1 aromatic rings. The van der Waals surface area contributed by atoms with Gasteiger partial charge in [0.25, 0.3) is 0 Å². The Labute approximate surface area is 100 Å². The van der Waals surface area contributed by atoms with Crippen LogP contribution in [0, 0.1) is 0 Å². The maximum atomic E-state index is 8.93. The molecule has 0 saturated heterocycles. The van der Waals surface area contributed by atoms with Gasteiger partial charge in [0.15, 0.2) is 0 Å². The van der Waals surface area contributed by atoms with Gasteiger partial charge in [-0.2, -0.15) is 11.4 Å². The van der Waals surface area contributed by atoms with Crippen molar-refractivity contribution >= 4 is 23.3 Å². The van der Waals surface area contributed by atoms with Crippen LogP contribution in [0.5, 0.6) is 0 Å². The Hall–Kier alpha value is -1.55. The summed E-state index contributed by atoms with van der Waals surface area (Å²) in [5, 5.41) is 17.9. The third-order valence-electron chi connectivity index (χ3n) is 1.09. The van der Waals surface area contributed by atoms with Gasteiger partial charge in [0.2, 0.25) is 0 Å². The number of carbonyl (C=O) groups is 2. The summed E-state index contributed by atoms with van der Waals surface area (Å²) in [5.41, 5.74) is 14.6. The number of carboxylic acids is 2. The van der Waals surface area contributed by atoms with Crippen molar-refractivity contribution in [1.29, 1.82) is 0 Å². The van der Waals surface area contributed by atoms with E-state index in [2.05, 4.69) is 0 Å². The maximum Gasteiger partial charge on any atom is 4.00 e. The van der Waals surface area contributed by atoms with Crippen LogP contribution in [0.1, 0.15) is 0 Å². The Morgan fingerprint density at radius 1 is 0.933 bits per heavy atom. The predicted molar refractivity (Wildman–Crippen MR) is 44.4 cm³/mol. The van der Waals surface area contributed by atoms with Crippen LogP contribution in [0.3, 0.4) is 0 Å². The van der Waals surface area contributed by atoms with Crippen molar-refractivity contribution in [3.63, 3.8) is 0 Å². The van der Waals surface area contributed by atoms with Gasteiger partial charge < -0.3 is 31.3 Å². The van der Waals surface area contributed by atoms with Gasteiger partial charge in [-0.1, -0.05) is 24.3 Å². The first-order chi connectivity index (χ1) is 6.45. The Bertz CT molecular complexity index is 310. The second kappa shape index (κ2) is 7.82. The minimum absolute atomic E-state index is 0. The molecule has 0 heterocycles. The number of aliphatic carboxylic acids is 2. The second-order valence-corrected chi connectivity index (χ2v) is 2.12. The van der Waals surface area contributed by atoms with Crippen LogP contribution in [0.25, 0.3) is 11.5 Å². The number of rotatable bonds is 0. The van der Waals surface area contributed by atoms with Gasteiger partial charge >= 0.3 is 21.1 Å². The fourth-order valence-electron chi connectivity index (χ4n) is 0.483. The SMILES string of the molecule is O=C([O-])C(=O)[O-].[NH-]c1ccccc1[NH-].[Pt+4]. The molecule has 82 valence electrons. The fraction of sp³-hybridized carbons (Fsp3) is 0. The van der Waals surface area contributed by atoms with Gasteiger partial charge in [-0.05, 0) is 0 Å². The molecule has 2 N–H and O–H groups in total. The van der Waals surface area contributed by atoms with Crippen molar-refractivity contribution in [2.45, 2.75) is 0 Å². The first kappa shape index (κ1) is 15.9. The van der Waals surface area contributed by atoms with E-state index in [0.29, 0.717) is 0 Å². The number of carboxylic acid groups (broad SMARTS) is 2. The van der Waals surface area contributed by atoms with Crippen LogP contribution < -0.4 is 10.2 Å². The summed E-state index contributed by atoms with van der Waals surface area (Å²) in [6.45, 7) is 0. The van der Waals surface area contributed by atoms with Crippen molar-refractivity contribution < 1.29 is 40.9 Å². The van der Waals surface area contributed by atoms with Crippen LogP contribution in [0.2, 0.25) is 0 Å². The van der Waals surface area contributed by atoms with Crippen molar-refractivity contribution in [2.75, 3.05) is 0 Å². The molecule has 6 nitrogen and oxygen atoms in total. The van der Waals surface area contributed by atoms with Gasteiger partial charge in [-0.3, -0.25) is 0 Å². The average Bonchev–Trinajstić information content (AvgIpc) is 2.11. The first-order valence-corrected chi connectivity index (χ1v) is 3.39. The van der Waals surface area contributed by atoms with E-state index in [-0.39, 0.29) is 32.4 Å². The summed E-state index contributed by atoms with van der Waals surface area (Å²) in [7, 11) is 0. The second-order valence-electron chi connectivity index (χ2n) is 2.12. The molecule has 1 aromatic carbocycles. The van der Waals surface area contributed by atoms with Crippen molar-refractivity contribution in [3.05, 3.63) is 35.7 Å². The molecule has 1 rings (SSSR count). The Morgan fingerprint density at radius 3 is 1.33 bits per heavy atom. The standard InChI is InChI=1S/C6H6N2.C2H2O4.Pt/c7-5-3-1-2-4-6(5)8;3-1(4)2(5)6;/h1-4,7-8H;(H,3,4)(H,5,6);/q-2;;+4/p-2. The number of nitrogens with one attached hydrogen (secondary N) is 2. The van der Waals surface area contributed by atoms with Crippen molar-refractivity contribution in [1.82, 2.24) is 0 Å². The van der Waals surface area contributed by atoms with Crippen LogP contribution >= 0.6 is 0 Å². The summed E-state index contributed by atoms with van der Waals surface area (Å²) in [4.78, 5) is 17.9. The number of carbonyl (C=O) groups excluding carboxylic acids is 2. The molecule has 0 spiro atoms. The summed E-state index contributed by atoms with van der Waals surface area (Å²) < 4.78 is 0. The quantitative estimate of drug-likeness (QED) is 0.556. The molecule has 0 unspecified atom stereocenters. The van der Waals surface area contributed by atoms with Crippen molar-refractivity contribution in [3.8, 4) is 0 Å². The predicted octanol–water partition coefficient (Wildman–Crippen LogP) is -0.462. The van der Waals surface area contributed by atoms with E-state index in [1.54, 1.807) is 24.3 Å². The van der Waals surface area contributed by atoms with Gasteiger partial charge in [0.05, 0.1) is 11.9 Å². The van der Waals surface area contributed by atoms with Crippen LogP contribution in [0.15, 0.2) is 24.3 Å². The molecule has 0 aliphatic heterocycles. The van der Waals surface area contributed by atoms with E-state index in [1.165, 1.54) is 0 Å². The number of hydrogen-bond donors (Lipinski definition) is 0. The van der Waals surface area contributed by atoms with Crippen LogP contribution in [-0.4, -0.2) is 11.9 Å². The molecule has 15 heavy (non-hydrogen) atoms. The molecule has 0 aliphatic rings. The molecule has 0 fully saturated rings. The molecule has 0 saturated carbocycles. The zero-order valence-electron chi connectivity index (χ0n) is 7.26. The normalized spacial score (nSPS) is 7.73. The smallest absolute Gasteiger partial charge is 0.700 e. The minimum atomic E-state index is -2.19. The summed E-state index contributed by atoms with van der Waals surface area (Å²) in [6.07, 6.45) is 0. The van der Waals surface area contributed by atoms with Crippen LogP contribution in [0.4, 0.5) is 11.4 Å². The largest absolute Gasteiger partial charge is 4.00 e. The van der Waals surface area contributed by atoms with Crippen LogP contribution in [-0.2, 0) is 30.7 Å². The topological polar surface area (TPSA) is 128 Å². The third kappa shape index (κ3) is 7.51. The minimum Gasteiger partial charge on any atom is -0.700 e. The molecule has 0 amide bonds. The first-order valence-electron chi connectivity index (χ1n) is 3.39. The number of hydrogen-bond acceptors (Lipinski definition) is 4. The Morgan fingerprint density at radius 2 is 1.20 bits per heavy atom. The third-order valence-corrected chi connectivity index (χ3v) is 1.09. The average molecular weight is 389 g/mol. The fourth-order valence-corrected chi connectivity index (χ4v) is 0.483. The number of benzene rings is 1. The van der Waals surface area contributed by atoms with Gasteiger partial charge in [0.1, 0.15) is 0 Å². The zero-order valence-corrected chi connectivity index (χ0v) is 9.53. The monoisotopic (exact) mass is 389 g/mol. The molecule has 0 bridgehead atoms. The van der Waals surface area contributed by atoms with Crippen molar-refractivity contribution in [2.24, 2.45) is 0 Å². The summed E-state index contributed by atoms with van der Waals surface area (Å²) in [5.74, 6) is -4.37. The van der Waals surface area contributed by atoms with Gasteiger partial charge in [-0.25, -0.2) is 0 Å². The molecule has 0 atom stereocenters.